The van der Waals surface area contributed by atoms with E-state index in [2.05, 4.69) is 0 Å². The highest BCUT2D eigenvalue weighted by Crippen LogP contribution is 2.29. The van der Waals surface area contributed by atoms with E-state index in [4.69, 9.17) is 10.2 Å². The molecule has 2 N–H and O–H groups in total. The van der Waals surface area contributed by atoms with E-state index >= 15 is 0 Å². The van der Waals surface area contributed by atoms with Gasteiger partial charge in [-0.15, -0.1) is 4.57 Å². The third-order valence-corrected chi connectivity index (χ3v) is 3.65. The number of ketones is 1. The fraction of sp³-hybridized carbons (Fsp3) is 0.111. The van der Waals surface area contributed by atoms with Crippen molar-refractivity contribution in [1.82, 2.24) is 0 Å². The molecule has 25 heavy (non-hydrogen) atoms. The SMILES string of the molecule is Cc1ccc(-[n+]2c(-c3ccccc3)oc(N)c2C(=O)C(F)(F)F)cc1. The second-order valence-electron chi connectivity index (χ2n) is 5.48. The highest BCUT2D eigenvalue weighted by atomic mass is 19.4. The van der Waals surface area contributed by atoms with E-state index in [1.165, 1.54) is 0 Å². The average molecular weight is 347 g/mol. The summed E-state index contributed by atoms with van der Waals surface area (Å²) < 4.78 is 45.5. The lowest BCUT2D eigenvalue weighted by molar-refractivity contribution is -0.589. The summed E-state index contributed by atoms with van der Waals surface area (Å²) in [6.45, 7) is 1.85. The zero-order valence-electron chi connectivity index (χ0n) is 13.2. The molecule has 0 bridgehead atoms. The van der Waals surface area contributed by atoms with Gasteiger partial charge in [-0.2, -0.15) is 13.2 Å². The summed E-state index contributed by atoms with van der Waals surface area (Å²) in [6, 6.07) is 15.1. The smallest absolute Gasteiger partial charge is 0.380 e. The number of aromatic nitrogens is 1. The minimum atomic E-state index is -5.07. The molecule has 0 unspecified atom stereocenters. The first kappa shape index (κ1) is 16.8. The summed E-state index contributed by atoms with van der Waals surface area (Å²) in [5, 5.41) is 0. The fourth-order valence-corrected chi connectivity index (χ4v) is 2.47. The van der Waals surface area contributed by atoms with Crippen molar-refractivity contribution in [1.29, 1.82) is 0 Å². The largest absolute Gasteiger partial charge is 0.461 e. The monoisotopic (exact) mass is 347 g/mol. The molecule has 0 saturated heterocycles. The van der Waals surface area contributed by atoms with Gasteiger partial charge in [-0.3, -0.25) is 4.79 Å². The van der Waals surface area contributed by atoms with Crippen molar-refractivity contribution in [3.63, 3.8) is 0 Å². The van der Waals surface area contributed by atoms with Crippen LogP contribution in [0.4, 0.5) is 19.1 Å². The number of aryl methyl sites for hydroxylation is 1. The van der Waals surface area contributed by atoms with Gasteiger partial charge in [0.15, 0.2) is 0 Å². The molecule has 0 spiro atoms. The van der Waals surface area contributed by atoms with Gasteiger partial charge in [-0.1, -0.05) is 35.9 Å². The Hall–Kier alpha value is -3.09. The Balaban J connectivity index is 2.31. The number of rotatable bonds is 3. The zero-order chi connectivity index (χ0) is 18.2. The van der Waals surface area contributed by atoms with Gasteiger partial charge in [0.1, 0.15) is 0 Å². The molecule has 3 rings (SSSR count). The van der Waals surface area contributed by atoms with Crippen LogP contribution in [0.5, 0.6) is 0 Å². The second-order valence-corrected chi connectivity index (χ2v) is 5.48. The molecule has 2 aromatic carbocycles. The number of nitrogen functional groups attached to an aromatic ring is 1. The predicted octanol–water partition coefficient (Wildman–Crippen LogP) is 3.86. The molecule has 1 aromatic heterocycles. The van der Waals surface area contributed by atoms with Crippen LogP contribution in [0.1, 0.15) is 16.1 Å². The number of Topliss-reactive ketones (excluding diaryl/α,β-unsaturated/α-hetero) is 1. The maximum atomic E-state index is 13.0. The van der Waals surface area contributed by atoms with Crippen molar-refractivity contribution in [2.75, 3.05) is 5.73 Å². The molecule has 1 heterocycles. The Morgan fingerprint density at radius 2 is 1.64 bits per heavy atom. The number of halogens is 3. The van der Waals surface area contributed by atoms with E-state index in [1.807, 2.05) is 6.92 Å². The average Bonchev–Trinajstić information content (AvgIpc) is 2.92. The van der Waals surface area contributed by atoms with Crippen LogP contribution >= 0.6 is 0 Å². The third-order valence-electron chi connectivity index (χ3n) is 3.65. The van der Waals surface area contributed by atoms with Crippen LogP contribution < -0.4 is 10.3 Å². The molecule has 0 amide bonds. The van der Waals surface area contributed by atoms with Crippen molar-refractivity contribution in [3.05, 3.63) is 65.9 Å². The minimum Gasteiger partial charge on any atom is -0.380 e. The van der Waals surface area contributed by atoms with Crippen LogP contribution in [0.2, 0.25) is 0 Å². The van der Waals surface area contributed by atoms with Crippen LogP contribution in [0.25, 0.3) is 17.1 Å². The number of nitrogens with zero attached hydrogens (tertiary/aromatic N) is 1. The summed E-state index contributed by atoms with van der Waals surface area (Å²) in [7, 11) is 0. The normalized spacial score (nSPS) is 11.5. The van der Waals surface area contributed by atoms with E-state index in [9.17, 15) is 18.0 Å². The molecule has 4 nitrogen and oxygen atoms in total. The highest BCUT2D eigenvalue weighted by molar-refractivity contribution is 6.00. The first-order valence-electron chi connectivity index (χ1n) is 7.37. The lowest BCUT2D eigenvalue weighted by Gasteiger charge is -2.03. The molecule has 0 aliphatic carbocycles. The number of carbonyl (C=O) groups is 1. The molecule has 3 aromatic rings. The fourth-order valence-electron chi connectivity index (χ4n) is 2.47. The standard InChI is InChI=1S/C18H13F3N2O2/c1-11-7-9-13(10-8-11)23-14(15(24)18(19,20)21)16(22)25-17(23)12-5-3-2-4-6-12/h2-10H,1H3,(H-,22,24)/p+1. The Bertz CT molecular complexity index is 914. The van der Waals surface area contributed by atoms with Gasteiger partial charge in [-0.05, 0) is 19.1 Å². The van der Waals surface area contributed by atoms with Gasteiger partial charge in [0.25, 0.3) is 5.88 Å². The van der Waals surface area contributed by atoms with Crippen LogP contribution in [0.15, 0.2) is 59.0 Å². The third kappa shape index (κ3) is 3.13. The van der Waals surface area contributed by atoms with E-state index in [1.54, 1.807) is 54.6 Å². The molecular weight excluding hydrogens is 333 g/mol. The Labute approximate surface area is 141 Å². The van der Waals surface area contributed by atoms with Gasteiger partial charge < -0.3 is 10.2 Å². The maximum Gasteiger partial charge on any atom is 0.461 e. The second kappa shape index (κ2) is 6.08. The van der Waals surface area contributed by atoms with Crippen LogP contribution in [0.3, 0.4) is 0 Å². The zero-order valence-corrected chi connectivity index (χ0v) is 13.2. The highest BCUT2D eigenvalue weighted by Gasteiger charge is 2.49. The number of benzene rings is 2. The summed E-state index contributed by atoms with van der Waals surface area (Å²) in [4.78, 5) is 11.9. The molecule has 0 radical (unpaired) electrons. The van der Waals surface area contributed by atoms with Crippen LogP contribution in [-0.4, -0.2) is 12.0 Å². The van der Waals surface area contributed by atoms with Crippen LogP contribution in [0, 0.1) is 6.92 Å². The predicted molar refractivity (Wildman–Crippen MR) is 85.2 cm³/mol. The quantitative estimate of drug-likeness (QED) is 0.578. The number of nitrogens with two attached hydrogens (primary N) is 1. The van der Waals surface area contributed by atoms with Gasteiger partial charge >= 0.3 is 23.5 Å². The van der Waals surface area contributed by atoms with Crippen LogP contribution in [-0.2, 0) is 0 Å². The summed E-state index contributed by atoms with van der Waals surface area (Å²) in [5.41, 5.74) is 6.66. The molecule has 0 fully saturated rings. The Kier molecular flexibility index (Phi) is 4.08. The molecule has 0 aliphatic heterocycles. The number of hydrogen-bond acceptors (Lipinski definition) is 3. The number of carbonyl (C=O) groups excluding carboxylic acids is 1. The molecule has 0 aliphatic rings. The maximum absolute atomic E-state index is 13.0. The molecule has 7 heteroatoms. The lowest BCUT2D eigenvalue weighted by Crippen LogP contribution is -2.41. The molecule has 0 saturated carbocycles. The van der Waals surface area contributed by atoms with E-state index in [-0.39, 0.29) is 5.89 Å². The first-order chi connectivity index (χ1) is 11.8. The van der Waals surface area contributed by atoms with E-state index < -0.39 is 23.5 Å². The van der Waals surface area contributed by atoms with Crippen molar-refractivity contribution >= 4 is 11.7 Å². The first-order valence-corrected chi connectivity index (χ1v) is 7.37. The Morgan fingerprint density at radius 1 is 1.04 bits per heavy atom. The van der Waals surface area contributed by atoms with E-state index in [0.29, 0.717) is 11.3 Å². The van der Waals surface area contributed by atoms with Crippen molar-refractivity contribution < 1.29 is 27.0 Å². The summed E-state index contributed by atoms with van der Waals surface area (Å²) in [6.07, 6.45) is -5.07. The van der Waals surface area contributed by atoms with Crippen molar-refractivity contribution in [3.8, 4) is 17.1 Å². The van der Waals surface area contributed by atoms with Gasteiger partial charge in [0, 0.05) is 12.1 Å². The van der Waals surface area contributed by atoms with Gasteiger partial charge in [0.05, 0.1) is 5.56 Å². The topological polar surface area (TPSA) is 60.1 Å². The van der Waals surface area contributed by atoms with Crippen molar-refractivity contribution in [2.45, 2.75) is 13.1 Å². The number of oxazole rings is 1. The minimum absolute atomic E-state index is 0.0505. The number of hydrogen-bond donors (Lipinski definition) is 1. The summed E-state index contributed by atoms with van der Waals surface area (Å²) >= 11 is 0. The van der Waals surface area contributed by atoms with E-state index in [0.717, 1.165) is 10.1 Å². The van der Waals surface area contributed by atoms with Gasteiger partial charge in [0.2, 0.25) is 5.69 Å². The lowest BCUT2D eigenvalue weighted by atomic mass is 10.1. The molecular formula is C18H14F3N2O2+. The molecule has 128 valence electrons. The Morgan fingerprint density at radius 3 is 2.20 bits per heavy atom. The number of anilines is 1. The summed E-state index contributed by atoms with van der Waals surface area (Å²) in [5.74, 6) is -2.59. The van der Waals surface area contributed by atoms with Crippen molar-refractivity contribution in [2.24, 2.45) is 0 Å². The number of alkyl halides is 3. The molecule has 0 atom stereocenters. The van der Waals surface area contributed by atoms with Gasteiger partial charge in [-0.25, -0.2) is 0 Å².